The molecule has 20 heavy (non-hydrogen) atoms. The first-order valence-corrected chi connectivity index (χ1v) is 8.01. The number of sulfonamides is 1. The molecule has 0 atom stereocenters. The largest absolute Gasteiger partial charge is 0.379 e. The summed E-state index contributed by atoms with van der Waals surface area (Å²) < 4.78 is 31.8. The molecule has 0 amide bonds. The average Bonchev–Trinajstić information content (AvgIpc) is 2.39. The summed E-state index contributed by atoms with van der Waals surface area (Å²) >= 11 is 0. The minimum absolute atomic E-state index is 0.152. The molecule has 1 aromatic rings. The molecular formula is C14H20N2O3S. The number of ether oxygens (including phenoxy) is 1. The van der Waals surface area contributed by atoms with E-state index in [9.17, 15) is 8.42 Å². The molecule has 5 nitrogen and oxygen atoms in total. The fourth-order valence-corrected chi connectivity index (χ4v) is 2.63. The number of rotatable bonds is 8. The molecule has 0 spiro atoms. The van der Waals surface area contributed by atoms with Gasteiger partial charge in [0.25, 0.3) is 0 Å². The second-order valence-electron chi connectivity index (χ2n) is 4.65. The van der Waals surface area contributed by atoms with E-state index in [2.05, 4.69) is 4.72 Å². The molecule has 1 N–H and O–H groups in total. The minimum Gasteiger partial charge on any atom is -0.379 e. The Morgan fingerprint density at radius 3 is 2.50 bits per heavy atom. The lowest BCUT2D eigenvalue weighted by atomic mass is 10.2. The van der Waals surface area contributed by atoms with Gasteiger partial charge >= 0.3 is 0 Å². The van der Waals surface area contributed by atoms with Crippen LogP contribution in [0.5, 0.6) is 0 Å². The summed E-state index contributed by atoms with van der Waals surface area (Å²) in [6.45, 7) is 4.75. The number of nitrogens with zero attached hydrogens (tertiary/aromatic N) is 1. The molecule has 0 unspecified atom stereocenters. The van der Waals surface area contributed by atoms with Gasteiger partial charge in [0.2, 0.25) is 10.0 Å². The van der Waals surface area contributed by atoms with Crippen molar-refractivity contribution in [2.75, 3.05) is 13.2 Å². The highest BCUT2D eigenvalue weighted by Gasteiger charge is 2.12. The standard InChI is InChI=1S/C14H20N2O3S/c1-12(2)19-11-3-10-16-20(17,18)14-6-4-13(5-7-14)8-9-15/h4-7,12,16H,3,8,10-11H2,1-2H3. The summed E-state index contributed by atoms with van der Waals surface area (Å²) in [5.74, 6) is 0. The van der Waals surface area contributed by atoms with Gasteiger partial charge in [0.1, 0.15) is 0 Å². The van der Waals surface area contributed by atoms with Gasteiger partial charge in [0.05, 0.1) is 23.5 Å². The molecule has 1 aromatic carbocycles. The number of hydrogen-bond donors (Lipinski definition) is 1. The topological polar surface area (TPSA) is 79.2 Å². The first-order valence-electron chi connectivity index (χ1n) is 6.53. The number of hydrogen-bond acceptors (Lipinski definition) is 4. The lowest BCUT2D eigenvalue weighted by Crippen LogP contribution is -2.25. The maximum Gasteiger partial charge on any atom is 0.240 e. The molecule has 0 heterocycles. The van der Waals surface area contributed by atoms with Gasteiger partial charge in [0, 0.05) is 13.2 Å². The summed E-state index contributed by atoms with van der Waals surface area (Å²) in [6, 6.07) is 8.35. The van der Waals surface area contributed by atoms with E-state index in [4.69, 9.17) is 10.00 Å². The van der Waals surface area contributed by atoms with E-state index < -0.39 is 10.0 Å². The molecule has 0 saturated carbocycles. The quantitative estimate of drug-likeness (QED) is 0.742. The lowest BCUT2D eigenvalue weighted by molar-refractivity contribution is 0.0778. The van der Waals surface area contributed by atoms with Gasteiger partial charge in [-0.3, -0.25) is 0 Å². The van der Waals surface area contributed by atoms with Crippen LogP contribution in [-0.2, 0) is 21.2 Å². The number of benzene rings is 1. The highest BCUT2D eigenvalue weighted by Crippen LogP contribution is 2.10. The first-order chi connectivity index (χ1) is 9.45. The zero-order valence-electron chi connectivity index (χ0n) is 11.8. The van der Waals surface area contributed by atoms with Gasteiger partial charge in [-0.15, -0.1) is 0 Å². The first kappa shape index (κ1) is 16.6. The summed E-state index contributed by atoms with van der Waals surface area (Å²) in [6.07, 6.45) is 1.06. The highest BCUT2D eigenvalue weighted by molar-refractivity contribution is 7.89. The molecule has 0 saturated heterocycles. The summed E-state index contributed by atoms with van der Waals surface area (Å²) in [5.41, 5.74) is 0.803. The SMILES string of the molecule is CC(C)OCCCNS(=O)(=O)c1ccc(CC#N)cc1. The maximum atomic E-state index is 12.0. The van der Waals surface area contributed by atoms with Crippen molar-refractivity contribution in [3.8, 4) is 6.07 Å². The fraction of sp³-hybridized carbons (Fsp3) is 0.500. The number of nitriles is 1. The molecule has 0 fully saturated rings. The Labute approximate surface area is 120 Å². The molecule has 0 aliphatic rings. The molecule has 0 radical (unpaired) electrons. The van der Waals surface area contributed by atoms with Gasteiger partial charge in [-0.2, -0.15) is 5.26 Å². The van der Waals surface area contributed by atoms with E-state index in [0.29, 0.717) is 19.6 Å². The van der Waals surface area contributed by atoms with Crippen LogP contribution in [0, 0.1) is 11.3 Å². The Morgan fingerprint density at radius 2 is 1.95 bits per heavy atom. The summed E-state index contributed by atoms with van der Waals surface area (Å²) in [7, 11) is -3.48. The van der Waals surface area contributed by atoms with E-state index >= 15 is 0 Å². The van der Waals surface area contributed by atoms with Gasteiger partial charge in [-0.05, 0) is 38.0 Å². The van der Waals surface area contributed by atoms with Crippen LogP contribution in [0.15, 0.2) is 29.2 Å². The number of nitrogens with one attached hydrogen (secondary N) is 1. The fourth-order valence-electron chi connectivity index (χ4n) is 1.56. The summed E-state index contributed by atoms with van der Waals surface area (Å²) in [5, 5.41) is 8.56. The van der Waals surface area contributed by atoms with Crippen molar-refractivity contribution in [1.82, 2.24) is 4.72 Å². The second-order valence-corrected chi connectivity index (χ2v) is 6.42. The van der Waals surface area contributed by atoms with E-state index in [1.807, 2.05) is 19.9 Å². The van der Waals surface area contributed by atoms with E-state index in [0.717, 1.165) is 5.56 Å². The average molecular weight is 296 g/mol. The van der Waals surface area contributed by atoms with Crippen molar-refractivity contribution >= 4 is 10.0 Å². The predicted molar refractivity (Wildman–Crippen MR) is 76.7 cm³/mol. The van der Waals surface area contributed by atoms with Crippen molar-refractivity contribution in [3.63, 3.8) is 0 Å². The molecule has 6 heteroatoms. The van der Waals surface area contributed by atoms with Gasteiger partial charge in [-0.1, -0.05) is 12.1 Å². The maximum absolute atomic E-state index is 12.0. The van der Waals surface area contributed by atoms with Crippen molar-refractivity contribution in [2.45, 2.75) is 37.7 Å². The zero-order chi connectivity index (χ0) is 15.0. The van der Waals surface area contributed by atoms with E-state index in [1.54, 1.807) is 12.1 Å². The third-order valence-corrected chi connectivity index (χ3v) is 4.06. The van der Waals surface area contributed by atoms with Crippen LogP contribution >= 0.6 is 0 Å². The van der Waals surface area contributed by atoms with Crippen LogP contribution in [0.4, 0.5) is 0 Å². The van der Waals surface area contributed by atoms with Crippen molar-refractivity contribution in [2.24, 2.45) is 0 Å². The third-order valence-electron chi connectivity index (χ3n) is 2.58. The lowest BCUT2D eigenvalue weighted by Gasteiger charge is -2.09. The van der Waals surface area contributed by atoms with Crippen molar-refractivity contribution < 1.29 is 13.2 Å². The van der Waals surface area contributed by atoms with Crippen molar-refractivity contribution in [3.05, 3.63) is 29.8 Å². The monoisotopic (exact) mass is 296 g/mol. The minimum atomic E-state index is -3.48. The van der Waals surface area contributed by atoms with Gasteiger partial charge in [-0.25, -0.2) is 13.1 Å². The Morgan fingerprint density at radius 1 is 1.30 bits per heavy atom. The third kappa shape index (κ3) is 5.70. The van der Waals surface area contributed by atoms with Crippen LogP contribution < -0.4 is 4.72 Å². The Balaban J connectivity index is 2.50. The van der Waals surface area contributed by atoms with Crippen LogP contribution in [0.3, 0.4) is 0 Å². The normalized spacial score (nSPS) is 11.5. The molecular weight excluding hydrogens is 276 g/mol. The van der Waals surface area contributed by atoms with E-state index in [1.165, 1.54) is 12.1 Å². The Kier molecular flexibility index (Phi) is 6.65. The van der Waals surface area contributed by atoms with Crippen LogP contribution in [0.2, 0.25) is 0 Å². The molecule has 0 aliphatic carbocycles. The van der Waals surface area contributed by atoms with Gasteiger partial charge < -0.3 is 4.74 Å². The summed E-state index contributed by atoms with van der Waals surface area (Å²) in [4.78, 5) is 0.212. The van der Waals surface area contributed by atoms with Crippen LogP contribution in [0.25, 0.3) is 0 Å². The van der Waals surface area contributed by atoms with Crippen LogP contribution in [-0.4, -0.2) is 27.7 Å². The molecule has 1 rings (SSSR count). The molecule has 110 valence electrons. The van der Waals surface area contributed by atoms with Crippen LogP contribution in [0.1, 0.15) is 25.8 Å². The zero-order valence-corrected chi connectivity index (χ0v) is 12.6. The smallest absolute Gasteiger partial charge is 0.240 e. The van der Waals surface area contributed by atoms with E-state index in [-0.39, 0.29) is 17.4 Å². The second kappa shape index (κ2) is 8.00. The highest BCUT2D eigenvalue weighted by atomic mass is 32.2. The molecule has 0 aromatic heterocycles. The Hall–Kier alpha value is -1.42. The van der Waals surface area contributed by atoms with Gasteiger partial charge in [0.15, 0.2) is 0 Å². The Bertz CT molecular complexity index is 545. The predicted octanol–water partition coefficient (Wildman–Crippen LogP) is 1.85. The van der Waals surface area contributed by atoms with Crippen molar-refractivity contribution in [1.29, 1.82) is 5.26 Å². The molecule has 0 aliphatic heterocycles. The molecule has 0 bridgehead atoms.